The minimum absolute atomic E-state index is 0.429. The van der Waals surface area contributed by atoms with E-state index < -0.39 is 0 Å². The van der Waals surface area contributed by atoms with Crippen molar-refractivity contribution in [1.82, 2.24) is 14.9 Å². The molecule has 1 N–H and O–H groups in total. The lowest BCUT2D eigenvalue weighted by atomic mass is 10.2. The van der Waals surface area contributed by atoms with Crippen LogP contribution >= 0.6 is 0 Å². The molecule has 1 aromatic carbocycles. The molecule has 1 heterocycles. The maximum atomic E-state index is 4.82. The fraction of sp³-hybridized carbons (Fsp3) is 0.611. The van der Waals surface area contributed by atoms with Gasteiger partial charge in [-0.1, -0.05) is 32.4 Å². The van der Waals surface area contributed by atoms with Crippen LogP contribution in [-0.4, -0.2) is 22.1 Å². The van der Waals surface area contributed by atoms with E-state index >= 15 is 0 Å². The van der Waals surface area contributed by atoms with Crippen molar-refractivity contribution in [3.05, 3.63) is 30.1 Å². The molecule has 0 saturated heterocycles. The first-order valence-electron chi connectivity index (χ1n) is 8.36. The van der Waals surface area contributed by atoms with Gasteiger partial charge < -0.3 is 9.88 Å². The van der Waals surface area contributed by atoms with Gasteiger partial charge in [0.2, 0.25) is 0 Å². The molecule has 2 aromatic rings. The summed E-state index contributed by atoms with van der Waals surface area (Å²) in [6, 6.07) is 9.50. The van der Waals surface area contributed by atoms with E-state index in [0.29, 0.717) is 12.1 Å². The standard InChI is InChI=1S/C18H29N3/c1-5-9-14(3)19-13-15(4)21-17-12-8-7-11-16(17)20-18(21)10-6-2/h7-8,11-12,14-15,19H,5-6,9-10,13H2,1-4H3. The molecule has 0 bridgehead atoms. The van der Waals surface area contributed by atoms with Crippen molar-refractivity contribution < 1.29 is 0 Å². The van der Waals surface area contributed by atoms with Gasteiger partial charge in [0.15, 0.2) is 0 Å². The van der Waals surface area contributed by atoms with Crippen LogP contribution in [0.5, 0.6) is 0 Å². The molecule has 0 saturated carbocycles. The Balaban J connectivity index is 2.20. The summed E-state index contributed by atoms with van der Waals surface area (Å²) in [5.41, 5.74) is 2.38. The Morgan fingerprint density at radius 2 is 1.90 bits per heavy atom. The second kappa shape index (κ2) is 7.60. The third-order valence-corrected chi connectivity index (χ3v) is 4.07. The van der Waals surface area contributed by atoms with Gasteiger partial charge in [0, 0.05) is 25.0 Å². The summed E-state index contributed by atoms with van der Waals surface area (Å²) in [6.45, 7) is 10.0. The molecular formula is C18H29N3. The Bertz CT molecular complexity index is 559. The number of rotatable bonds is 8. The Morgan fingerprint density at radius 1 is 1.14 bits per heavy atom. The quantitative estimate of drug-likeness (QED) is 0.783. The Kier molecular flexibility index (Phi) is 5.80. The van der Waals surface area contributed by atoms with Gasteiger partial charge in [-0.2, -0.15) is 0 Å². The first kappa shape index (κ1) is 16.0. The van der Waals surface area contributed by atoms with E-state index in [2.05, 4.69) is 61.8 Å². The van der Waals surface area contributed by atoms with Crippen LogP contribution in [0.3, 0.4) is 0 Å². The van der Waals surface area contributed by atoms with Gasteiger partial charge in [0.25, 0.3) is 0 Å². The fourth-order valence-corrected chi connectivity index (χ4v) is 2.98. The van der Waals surface area contributed by atoms with Crippen molar-refractivity contribution in [1.29, 1.82) is 0 Å². The van der Waals surface area contributed by atoms with E-state index in [1.165, 1.54) is 24.2 Å². The molecule has 2 rings (SSSR count). The molecule has 0 aliphatic rings. The van der Waals surface area contributed by atoms with E-state index in [4.69, 9.17) is 4.98 Å². The summed E-state index contributed by atoms with van der Waals surface area (Å²) in [5.74, 6) is 1.22. The predicted octanol–water partition coefficient (Wildman–Crippen LogP) is 4.33. The topological polar surface area (TPSA) is 29.9 Å². The molecule has 0 amide bonds. The monoisotopic (exact) mass is 287 g/mol. The number of nitrogens with one attached hydrogen (secondary N) is 1. The first-order valence-corrected chi connectivity index (χ1v) is 8.36. The van der Waals surface area contributed by atoms with E-state index in [9.17, 15) is 0 Å². The molecule has 3 nitrogen and oxygen atoms in total. The van der Waals surface area contributed by atoms with E-state index in [1.54, 1.807) is 0 Å². The zero-order chi connectivity index (χ0) is 15.2. The van der Waals surface area contributed by atoms with Crippen molar-refractivity contribution in [2.45, 2.75) is 65.5 Å². The SMILES string of the molecule is CCCc1nc2ccccc2n1C(C)CNC(C)CCC. The van der Waals surface area contributed by atoms with Crippen molar-refractivity contribution >= 4 is 11.0 Å². The summed E-state index contributed by atoms with van der Waals surface area (Å²) in [4.78, 5) is 4.82. The van der Waals surface area contributed by atoms with Crippen LogP contribution in [0.25, 0.3) is 11.0 Å². The van der Waals surface area contributed by atoms with Crippen LogP contribution < -0.4 is 5.32 Å². The van der Waals surface area contributed by atoms with Crippen LogP contribution in [-0.2, 0) is 6.42 Å². The largest absolute Gasteiger partial charge is 0.324 e. The number of imidazole rings is 1. The summed E-state index contributed by atoms with van der Waals surface area (Å²) in [6.07, 6.45) is 4.65. The summed E-state index contributed by atoms with van der Waals surface area (Å²) in [7, 11) is 0. The lowest BCUT2D eigenvalue weighted by Gasteiger charge is -2.21. The summed E-state index contributed by atoms with van der Waals surface area (Å²) < 4.78 is 2.42. The molecule has 0 radical (unpaired) electrons. The molecule has 2 atom stereocenters. The molecule has 116 valence electrons. The third kappa shape index (κ3) is 3.85. The third-order valence-electron chi connectivity index (χ3n) is 4.07. The van der Waals surface area contributed by atoms with E-state index in [0.717, 1.165) is 24.9 Å². The average molecular weight is 287 g/mol. The van der Waals surface area contributed by atoms with Crippen LogP contribution in [0.1, 0.15) is 58.8 Å². The molecular weight excluding hydrogens is 258 g/mol. The molecule has 21 heavy (non-hydrogen) atoms. The van der Waals surface area contributed by atoms with Crippen LogP contribution in [0, 0.1) is 0 Å². The number of hydrogen-bond donors (Lipinski definition) is 1. The average Bonchev–Trinajstić information content (AvgIpc) is 2.83. The molecule has 0 spiro atoms. The van der Waals surface area contributed by atoms with Crippen molar-refractivity contribution in [2.75, 3.05) is 6.54 Å². The summed E-state index contributed by atoms with van der Waals surface area (Å²) >= 11 is 0. The van der Waals surface area contributed by atoms with Gasteiger partial charge >= 0.3 is 0 Å². The highest BCUT2D eigenvalue weighted by molar-refractivity contribution is 5.76. The highest BCUT2D eigenvalue weighted by atomic mass is 15.1. The predicted molar refractivity (Wildman–Crippen MR) is 90.8 cm³/mol. The lowest BCUT2D eigenvalue weighted by Crippen LogP contribution is -2.31. The Hall–Kier alpha value is -1.35. The first-order chi connectivity index (χ1) is 10.2. The number of hydrogen-bond acceptors (Lipinski definition) is 2. The Morgan fingerprint density at radius 3 is 2.62 bits per heavy atom. The number of para-hydroxylation sites is 2. The number of nitrogens with zero attached hydrogens (tertiary/aromatic N) is 2. The molecule has 0 aliphatic heterocycles. The van der Waals surface area contributed by atoms with Crippen LogP contribution in [0.4, 0.5) is 0 Å². The van der Waals surface area contributed by atoms with Crippen LogP contribution in [0.2, 0.25) is 0 Å². The minimum Gasteiger partial charge on any atom is -0.324 e. The van der Waals surface area contributed by atoms with E-state index in [1.807, 2.05) is 0 Å². The van der Waals surface area contributed by atoms with Gasteiger partial charge in [-0.3, -0.25) is 0 Å². The smallest absolute Gasteiger partial charge is 0.110 e. The normalized spacial score (nSPS) is 14.5. The number of benzene rings is 1. The highest BCUT2D eigenvalue weighted by Gasteiger charge is 2.15. The molecule has 2 unspecified atom stereocenters. The van der Waals surface area contributed by atoms with Crippen molar-refractivity contribution in [2.24, 2.45) is 0 Å². The fourth-order valence-electron chi connectivity index (χ4n) is 2.98. The van der Waals surface area contributed by atoms with Crippen molar-refractivity contribution in [3.63, 3.8) is 0 Å². The zero-order valence-electron chi connectivity index (χ0n) is 13.9. The van der Waals surface area contributed by atoms with E-state index in [-0.39, 0.29) is 0 Å². The molecule has 0 aliphatic carbocycles. The molecule has 0 fully saturated rings. The lowest BCUT2D eigenvalue weighted by molar-refractivity contribution is 0.432. The number of fused-ring (bicyclic) bond motifs is 1. The second-order valence-corrected chi connectivity index (χ2v) is 6.08. The van der Waals surface area contributed by atoms with Gasteiger partial charge in [-0.25, -0.2) is 4.98 Å². The number of aryl methyl sites for hydroxylation is 1. The zero-order valence-corrected chi connectivity index (χ0v) is 13.9. The van der Waals surface area contributed by atoms with Gasteiger partial charge in [0.05, 0.1) is 11.0 Å². The van der Waals surface area contributed by atoms with Crippen molar-refractivity contribution in [3.8, 4) is 0 Å². The maximum absolute atomic E-state index is 4.82. The molecule has 1 aromatic heterocycles. The van der Waals surface area contributed by atoms with Gasteiger partial charge in [-0.15, -0.1) is 0 Å². The minimum atomic E-state index is 0.429. The summed E-state index contributed by atoms with van der Waals surface area (Å²) in [5, 5.41) is 3.66. The Labute approximate surface area is 128 Å². The van der Waals surface area contributed by atoms with Gasteiger partial charge in [-0.05, 0) is 38.8 Å². The van der Waals surface area contributed by atoms with Crippen LogP contribution in [0.15, 0.2) is 24.3 Å². The number of aromatic nitrogens is 2. The molecule has 3 heteroatoms. The highest BCUT2D eigenvalue weighted by Crippen LogP contribution is 2.22. The van der Waals surface area contributed by atoms with Gasteiger partial charge in [0.1, 0.15) is 5.82 Å². The second-order valence-electron chi connectivity index (χ2n) is 6.08. The maximum Gasteiger partial charge on any atom is 0.110 e.